The molecular weight excluding hydrogens is 458 g/mol. The van der Waals surface area contributed by atoms with Crippen LogP contribution in [0, 0.1) is 0 Å². The van der Waals surface area contributed by atoms with Crippen molar-refractivity contribution < 1.29 is 28.2 Å². The molecule has 0 spiro atoms. The fourth-order valence-corrected chi connectivity index (χ4v) is 4.63. The standard InChI is InChI=1S/C24H19N3O6S/c1-27-12-14(9-20-23(30)22-18(29)10-16(28)11-19(22)33-20)21-17(6-7-25-24(21)27)13-4-3-5-15(8-13)26-34(2,31)32/h3-12,26,28-29H,1-2H3/b20-9-. The van der Waals surface area contributed by atoms with E-state index in [1.165, 1.54) is 6.07 Å². The maximum Gasteiger partial charge on any atom is 0.235 e. The molecule has 2 aromatic carbocycles. The molecule has 9 nitrogen and oxygen atoms in total. The number of rotatable bonds is 4. The Kier molecular flexibility index (Phi) is 4.83. The van der Waals surface area contributed by atoms with Crippen LogP contribution >= 0.6 is 0 Å². The van der Waals surface area contributed by atoms with Gasteiger partial charge in [0.05, 0.1) is 6.26 Å². The molecule has 34 heavy (non-hydrogen) atoms. The van der Waals surface area contributed by atoms with Crippen molar-refractivity contribution in [2.45, 2.75) is 0 Å². The summed E-state index contributed by atoms with van der Waals surface area (Å²) in [4.78, 5) is 17.3. The van der Waals surface area contributed by atoms with E-state index in [2.05, 4.69) is 9.71 Å². The van der Waals surface area contributed by atoms with E-state index in [9.17, 15) is 23.4 Å². The normalized spacial score (nSPS) is 14.4. The summed E-state index contributed by atoms with van der Waals surface area (Å²) in [5, 5.41) is 20.5. The first-order valence-corrected chi connectivity index (χ1v) is 12.0. The van der Waals surface area contributed by atoms with Crippen molar-refractivity contribution in [3.8, 4) is 28.4 Å². The number of anilines is 1. The second-order valence-electron chi connectivity index (χ2n) is 7.99. The first kappa shape index (κ1) is 21.5. The molecule has 0 amide bonds. The molecule has 0 saturated heterocycles. The number of carbonyl (C=O) groups is 1. The molecule has 0 unspecified atom stereocenters. The molecule has 0 aliphatic carbocycles. The summed E-state index contributed by atoms with van der Waals surface area (Å²) in [6.07, 6.45) is 6.09. The average molecular weight is 477 g/mol. The SMILES string of the molecule is Cn1cc(/C=C2\Oc3cc(O)cc(O)c3C2=O)c2c(-c3cccc(NS(C)(=O)=O)c3)ccnc21. The van der Waals surface area contributed by atoms with Crippen LogP contribution in [0.2, 0.25) is 0 Å². The van der Waals surface area contributed by atoms with E-state index in [0.29, 0.717) is 16.9 Å². The number of hydrogen-bond acceptors (Lipinski definition) is 7. The van der Waals surface area contributed by atoms with Crippen molar-refractivity contribution in [2.75, 3.05) is 11.0 Å². The van der Waals surface area contributed by atoms with Crippen LogP contribution in [0.3, 0.4) is 0 Å². The van der Waals surface area contributed by atoms with Gasteiger partial charge in [0.2, 0.25) is 15.8 Å². The van der Waals surface area contributed by atoms with Crippen LogP contribution in [0.15, 0.2) is 60.6 Å². The topological polar surface area (TPSA) is 131 Å². The van der Waals surface area contributed by atoms with Gasteiger partial charge in [-0.15, -0.1) is 0 Å². The molecule has 4 aromatic rings. The van der Waals surface area contributed by atoms with Crippen molar-refractivity contribution in [1.82, 2.24) is 9.55 Å². The van der Waals surface area contributed by atoms with Gasteiger partial charge in [0.1, 0.15) is 28.5 Å². The molecule has 5 rings (SSSR count). The van der Waals surface area contributed by atoms with Crippen LogP contribution in [0.1, 0.15) is 15.9 Å². The number of aryl methyl sites for hydroxylation is 1. The predicted octanol–water partition coefficient (Wildman–Crippen LogP) is 3.64. The quantitative estimate of drug-likeness (QED) is 0.383. The molecule has 0 atom stereocenters. The van der Waals surface area contributed by atoms with Crippen LogP contribution in [-0.2, 0) is 17.1 Å². The lowest BCUT2D eigenvalue weighted by atomic mass is 10.00. The molecule has 172 valence electrons. The predicted molar refractivity (Wildman–Crippen MR) is 127 cm³/mol. The highest BCUT2D eigenvalue weighted by Gasteiger charge is 2.31. The number of allylic oxidation sites excluding steroid dienone is 1. The van der Waals surface area contributed by atoms with E-state index in [-0.39, 0.29) is 28.6 Å². The summed E-state index contributed by atoms with van der Waals surface area (Å²) in [5.41, 5.74) is 3.22. The Morgan fingerprint density at radius 3 is 2.71 bits per heavy atom. The van der Waals surface area contributed by atoms with Gasteiger partial charge in [-0.25, -0.2) is 13.4 Å². The van der Waals surface area contributed by atoms with Gasteiger partial charge in [0.25, 0.3) is 0 Å². The second-order valence-corrected chi connectivity index (χ2v) is 9.73. The maximum atomic E-state index is 12.9. The number of benzene rings is 2. The number of fused-ring (bicyclic) bond motifs is 2. The fraction of sp³-hybridized carbons (Fsp3) is 0.0833. The number of aromatic nitrogens is 2. The Labute approximate surface area is 194 Å². The van der Waals surface area contributed by atoms with E-state index >= 15 is 0 Å². The zero-order valence-electron chi connectivity index (χ0n) is 18.1. The minimum atomic E-state index is -3.45. The van der Waals surface area contributed by atoms with Crippen LogP contribution in [0.5, 0.6) is 17.2 Å². The minimum absolute atomic E-state index is 0.00861. The molecule has 2 aromatic heterocycles. The fourth-order valence-electron chi connectivity index (χ4n) is 4.07. The number of Topliss-reactive ketones (excluding diaryl/α,β-unsaturated/α-hetero) is 1. The van der Waals surface area contributed by atoms with Crippen LogP contribution in [-0.4, -0.2) is 40.2 Å². The largest absolute Gasteiger partial charge is 0.508 e. The van der Waals surface area contributed by atoms with Crippen LogP contribution < -0.4 is 9.46 Å². The summed E-state index contributed by atoms with van der Waals surface area (Å²) in [7, 11) is -1.63. The third-order valence-corrected chi connectivity index (χ3v) is 5.99. The molecule has 3 N–H and O–H groups in total. The molecule has 1 aliphatic heterocycles. The number of nitrogens with zero attached hydrogens (tertiary/aromatic N) is 2. The Balaban J connectivity index is 1.65. The first-order valence-electron chi connectivity index (χ1n) is 10.1. The smallest absolute Gasteiger partial charge is 0.235 e. The number of hydrogen-bond donors (Lipinski definition) is 3. The van der Waals surface area contributed by atoms with E-state index in [1.54, 1.807) is 47.3 Å². The molecule has 0 radical (unpaired) electrons. The number of aromatic hydroxyl groups is 2. The first-order chi connectivity index (χ1) is 16.1. The Morgan fingerprint density at radius 2 is 1.94 bits per heavy atom. The summed E-state index contributed by atoms with van der Waals surface area (Å²) in [6, 6.07) is 11.1. The second kappa shape index (κ2) is 7.63. The highest BCUT2D eigenvalue weighted by molar-refractivity contribution is 7.92. The minimum Gasteiger partial charge on any atom is -0.508 e. The van der Waals surface area contributed by atoms with Crippen molar-refractivity contribution in [2.24, 2.45) is 7.05 Å². The van der Waals surface area contributed by atoms with Gasteiger partial charge in [-0.3, -0.25) is 9.52 Å². The van der Waals surface area contributed by atoms with Gasteiger partial charge in [0.15, 0.2) is 5.76 Å². The lowest BCUT2D eigenvalue weighted by Crippen LogP contribution is -2.09. The van der Waals surface area contributed by atoms with Crippen molar-refractivity contribution >= 4 is 38.6 Å². The van der Waals surface area contributed by atoms with Gasteiger partial charge >= 0.3 is 0 Å². The Bertz CT molecular complexity index is 1640. The molecule has 0 bridgehead atoms. The number of nitrogens with one attached hydrogen (secondary N) is 1. The lowest BCUT2D eigenvalue weighted by Gasteiger charge is -2.09. The number of carbonyl (C=O) groups excluding carboxylic acids is 1. The molecule has 1 aliphatic rings. The number of ether oxygens (including phenoxy) is 1. The van der Waals surface area contributed by atoms with Gasteiger partial charge in [-0.2, -0.15) is 0 Å². The summed E-state index contributed by atoms with van der Waals surface area (Å²) in [6.45, 7) is 0. The van der Waals surface area contributed by atoms with Gasteiger partial charge in [-0.1, -0.05) is 12.1 Å². The maximum absolute atomic E-state index is 12.9. The molecule has 0 saturated carbocycles. The number of sulfonamides is 1. The molecule has 0 fully saturated rings. The van der Waals surface area contributed by atoms with Gasteiger partial charge < -0.3 is 19.5 Å². The Morgan fingerprint density at radius 1 is 1.15 bits per heavy atom. The van der Waals surface area contributed by atoms with E-state index in [1.807, 2.05) is 13.1 Å². The third-order valence-electron chi connectivity index (χ3n) is 5.39. The number of pyridine rings is 1. The summed E-state index contributed by atoms with van der Waals surface area (Å²) < 4.78 is 33.3. The number of ketones is 1. The van der Waals surface area contributed by atoms with Gasteiger partial charge in [-0.05, 0) is 35.4 Å². The average Bonchev–Trinajstić information content (AvgIpc) is 3.23. The number of phenols is 2. The monoisotopic (exact) mass is 477 g/mol. The highest BCUT2D eigenvalue weighted by atomic mass is 32.2. The van der Waals surface area contributed by atoms with Crippen molar-refractivity contribution in [3.05, 3.63) is 71.7 Å². The summed E-state index contributed by atoms with van der Waals surface area (Å²) >= 11 is 0. The lowest BCUT2D eigenvalue weighted by molar-refractivity contribution is 0.101. The van der Waals surface area contributed by atoms with Crippen molar-refractivity contribution in [1.29, 1.82) is 0 Å². The number of phenolic OH excluding ortho intramolecular Hbond substituents is 2. The molecular formula is C24H19N3O6S. The van der Waals surface area contributed by atoms with E-state index < -0.39 is 15.8 Å². The van der Waals surface area contributed by atoms with E-state index in [4.69, 9.17) is 4.74 Å². The van der Waals surface area contributed by atoms with Crippen LogP contribution in [0.25, 0.3) is 28.2 Å². The molecule has 10 heteroatoms. The highest BCUT2D eigenvalue weighted by Crippen LogP contribution is 2.41. The zero-order chi connectivity index (χ0) is 24.2. The van der Waals surface area contributed by atoms with E-state index in [0.717, 1.165) is 28.8 Å². The summed E-state index contributed by atoms with van der Waals surface area (Å²) in [5.74, 6) is -1.02. The Hall–Kier alpha value is -4.31. The van der Waals surface area contributed by atoms with Crippen LogP contribution in [0.4, 0.5) is 5.69 Å². The van der Waals surface area contributed by atoms with Gasteiger partial charge in [0, 0.05) is 48.2 Å². The van der Waals surface area contributed by atoms with Crippen molar-refractivity contribution in [3.63, 3.8) is 0 Å². The zero-order valence-corrected chi connectivity index (χ0v) is 18.9. The third kappa shape index (κ3) is 3.73. The molecule has 3 heterocycles.